The van der Waals surface area contributed by atoms with Crippen LogP contribution in [0, 0.1) is 0 Å². The molecular formula is C49H102N6O2. The SMILES string of the molecule is CCCCCCCCCCCCCCCCCCN(CCCCCCCCCCCCCCCCCC)C(=O)C(NCCCN)(NCCCN)NC(=O)CCCC. The summed E-state index contributed by atoms with van der Waals surface area (Å²) in [6, 6.07) is 0. The van der Waals surface area contributed by atoms with Crippen LogP contribution in [-0.4, -0.2) is 61.8 Å². The molecule has 0 atom stereocenters. The van der Waals surface area contributed by atoms with E-state index < -0.39 is 5.79 Å². The van der Waals surface area contributed by atoms with Gasteiger partial charge in [0.25, 0.3) is 5.91 Å². The lowest BCUT2D eigenvalue weighted by Gasteiger charge is -2.39. The molecule has 0 saturated heterocycles. The van der Waals surface area contributed by atoms with E-state index in [0.29, 0.717) is 32.6 Å². The number of hydrogen-bond acceptors (Lipinski definition) is 6. The molecule has 0 bridgehead atoms. The van der Waals surface area contributed by atoms with Gasteiger partial charge >= 0.3 is 0 Å². The maximum Gasteiger partial charge on any atom is 0.279 e. The molecule has 0 radical (unpaired) electrons. The summed E-state index contributed by atoms with van der Waals surface area (Å²) < 4.78 is 0. The molecule has 0 aliphatic heterocycles. The van der Waals surface area contributed by atoms with Crippen LogP contribution in [0.2, 0.25) is 0 Å². The Kier molecular flexibility index (Phi) is 43.4. The van der Waals surface area contributed by atoms with E-state index in [1.165, 1.54) is 180 Å². The molecule has 0 rings (SSSR count). The molecule has 0 fully saturated rings. The van der Waals surface area contributed by atoms with E-state index in [9.17, 15) is 9.59 Å². The number of nitrogens with two attached hydrogens (primary N) is 2. The van der Waals surface area contributed by atoms with Crippen LogP contribution in [0.3, 0.4) is 0 Å². The molecule has 0 aromatic carbocycles. The summed E-state index contributed by atoms with van der Waals surface area (Å²) in [5.74, 6) is -1.52. The molecule has 340 valence electrons. The summed E-state index contributed by atoms with van der Waals surface area (Å²) in [5.41, 5.74) is 11.7. The molecule has 57 heavy (non-hydrogen) atoms. The molecule has 0 spiro atoms. The Balaban J connectivity index is 4.99. The minimum atomic E-state index is -1.35. The van der Waals surface area contributed by atoms with Gasteiger partial charge in [-0.1, -0.05) is 220 Å². The number of carbonyl (C=O) groups is 2. The summed E-state index contributed by atoms with van der Waals surface area (Å²) in [5, 5.41) is 10.0. The molecule has 0 aromatic rings. The monoisotopic (exact) mass is 807 g/mol. The highest BCUT2D eigenvalue weighted by Gasteiger charge is 2.41. The summed E-state index contributed by atoms with van der Waals surface area (Å²) in [7, 11) is 0. The Labute approximate surface area is 356 Å². The summed E-state index contributed by atoms with van der Waals surface area (Å²) >= 11 is 0. The highest BCUT2D eigenvalue weighted by molar-refractivity contribution is 5.90. The van der Waals surface area contributed by atoms with E-state index in [-0.39, 0.29) is 11.8 Å². The van der Waals surface area contributed by atoms with Gasteiger partial charge in [-0.25, -0.2) is 0 Å². The average Bonchev–Trinajstić information content (AvgIpc) is 3.21. The number of hydrogen-bond donors (Lipinski definition) is 5. The Morgan fingerprint density at radius 1 is 0.404 bits per heavy atom. The molecular weight excluding hydrogens is 705 g/mol. The van der Waals surface area contributed by atoms with Crippen LogP contribution in [-0.2, 0) is 9.59 Å². The molecule has 0 aromatic heterocycles. The Hall–Kier alpha value is -1.22. The zero-order chi connectivity index (χ0) is 41.8. The molecule has 7 N–H and O–H groups in total. The molecule has 0 aliphatic rings. The third-order valence-corrected chi connectivity index (χ3v) is 11.8. The van der Waals surface area contributed by atoms with E-state index in [1.807, 2.05) is 4.90 Å². The second-order valence-electron chi connectivity index (χ2n) is 17.4. The van der Waals surface area contributed by atoms with Crippen molar-refractivity contribution in [3.63, 3.8) is 0 Å². The molecule has 2 amide bonds. The van der Waals surface area contributed by atoms with Crippen molar-refractivity contribution in [3.8, 4) is 0 Å². The van der Waals surface area contributed by atoms with Crippen molar-refractivity contribution in [3.05, 3.63) is 0 Å². The number of unbranched alkanes of at least 4 members (excludes halogenated alkanes) is 31. The smallest absolute Gasteiger partial charge is 0.279 e. The van der Waals surface area contributed by atoms with Crippen molar-refractivity contribution in [2.24, 2.45) is 11.5 Å². The zero-order valence-corrected chi connectivity index (χ0v) is 38.8. The topological polar surface area (TPSA) is 126 Å². The van der Waals surface area contributed by atoms with Crippen molar-refractivity contribution in [2.75, 3.05) is 39.3 Å². The second-order valence-corrected chi connectivity index (χ2v) is 17.4. The lowest BCUT2D eigenvalue weighted by atomic mass is 10.0. The quantitative estimate of drug-likeness (QED) is 0.0308. The predicted octanol–water partition coefficient (Wildman–Crippen LogP) is 12.2. The van der Waals surface area contributed by atoms with Gasteiger partial charge in [-0.15, -0.1) is 0 Å². The number of amides is 2. The number of nitrogens with one attached hydrogen (secondary N) is 3. The molecule has 0 aliphatic carbocycles. The van der Waals surface area contributed by atoms with Crippen LogP contribution < -0.4 is 27.4 Å². The van der Waals surface area contributed by atoms with Crippen LogP contribution >= 0.6 is 0 Å². The Morgan fingerprint density at radius 3 is 0.965 bits per heavy atom. The minimum absolute atomic E-state index is 0.0664. The van der Waals surface area contributed by atoms with Gasteiger partial charge in [-0.2, -0.15) is 0 Å². The third kappa shape index (κ3) is 35.3. The Morgan fingerprint density at radius 2 is 0.684 bits per heavy atom. The van der Waals surface area contributed by atoms with Gasteiger partial charge in [0, 0.05) is 32.6 Å². The zero-order valence-electron chi connectivity index (χ0n) is 38.8. The molecule has 0 heterocycles. The number of nitrogens with zero attached hydrogens (tertiary/aromatic N) is 1. The van der Waals surface area contributed by atoms with E-state index in [2.05, 4.69) is 36.7 Å². The van der Waals surface area contributed by atoms with Gasteiger partial charge in [0.1, 0.15) is 0 Å². The third-order valence-electron chi connectivity index (χ3n) is 11.8. The maximum absolute atomic E-state index is 14.7. The highest BCUT2D eigenvalue weighted by Crippen LogP contribution is 2.17. The lowest BCUT2D eigenvalue weighted by molar-refractivity contribution is -0.146. The van der Waals surface area contributed by atoms with E-state index in [4.69, 9.17) is 11.5 Å². The number of rotatable bonds is 47. The Bertz CT molecular complexity index is 797. The summed E-state index contributed by atoms with van der Waals surface area (Å²) in [6.07, 6.45) is 46.2. The van der Waals surface area contributed by atoms with E-state index in [1.54, 1.807) is 0 Å². The van der Waals surface area contributed by atoms with Gasteiger partial charge in [-0.3, -0.25) is 20.2 Å². The van der Waals surface area contributed by atoms with Crippen molar-refractivity contribution in [1.29, 1.82) is 0 Å². The normalized spacial score (nSPS) is 11.7. The maximum atomic E-state index is 14.7. The fourth-order valence-electron chi connectivity index (χ4n) is 7.97. The van der Waals surface area contributed by atoms with Crippen LogP contribution in [0.5, 0.6) is 0 Å². The van der Waals surface area contributed by atoms with Gasteiger partial charge in [0.05, 0.1) is 0 Å². The minimum Gasteiger partial charge on any atom is -0.338 e. The first-order chi connectivity index (χ1) is 28.0. The van der Waals surface area contributed by atoms with E-state index >= 15 is 0 Å². The highest BCUT2D eigenvalue weighted by atomic mass is 16.2. The van der Waals surface area contributed by atoms with E-state index in [0.717, 1.165) is 64.5 Å². The molecule has 8 heteroatoms. The van der Waals surface area contributed by atoms with Gasteiger partial charge in [0.2, 0.25) is 11.7 Å². The van der Waals surface area contributed by atoms with Crippen LogP contribution in [0.25, 0.3) is 0 Å². The standard InChI is InChI=1S/C49H102N6O2/c1-4-7-10-12-14-16-18-20-22-24-26-28-30-32-34-36-45-55(46-37-35-33-31-29-27-25-23-21-19-17-15-13-11-8-5-2)48(57)49(52-43-38-41-50,53-44-39-42-51)54-47(56)40-9-6-3/h52-53H,4-46,50-51H2,1-3H3,(H,54,56). The van der Waals surface area contributed by atoms with Crippen LogP contribution in [0.4, 0.5) is 0 Å². The lowest BCUT2D eigenvalue weighted by Crippen LogP contribution is -2.75. The molecule has 0 unspecified atom stereocenters. The van der Waals surface area contributed by atoms with Crippen molar-refractivity contribution >= 4 is 11.8 Å². The average molecular weight is 807 g/mol. The molecule has 8 nitrogen and oxygen atoms in total. The van der Waals surface area contributed by atoms with Gasteiger partial charge in [-0.05, 0) is 45.2 Å². The van der Waals surface area contributed by atoms with Gasteiger partial charge < -0.3 is 21.7 Å². The molecule has 0 saturated carbocycles. The van der Waals surface area contributed by atoms with Crippen LogP contribution in [0.15, 0.2) is 0 Å². The summed E-state index contributed by atoms with van der Waals surface area (Å²) in [4.78, 5) is 29.9. The largest absolute Gasteiger partial charge is 0.338 e. The fraction of sp³-hybridized carbons (Fsp3) is 0.959. The second kappa shape index (κ2) is 44.3. The summed E-state index contributed by atoms with van der Waals surface area (Å²) in [6.45, 7) is 10.2. The van der Waals surface area contributed by atoms with Gasteiger partial charge in [0.15, 0.2) is 0 Å². The first-order valence-electron chi connectivity index (χ1n) is 25.5. The predicted molar refractivity (Wildman–Crippen MR) is 249 cm³/mol. The number of carbonyl (C=O) groups excluding carboxylic acids is 2. The van der Waals surface area contributed by atoms with Crippen molar-refractivity contribution in [2.45, 2.75) is 264 Å². The van der Waals surface area contributed by atoms with Crippen molar-refractivity contribution in [1.82, 2.24) is 20.9 Å². The van der Waals surface area contributed by atoms with Crippen molar-refractivity contribution < 1.29 is 9.59 Å². The first kappa shape index (κ1) is 55.8. The van der Waals surface area contributed by atoms with Crippen LogP contribution in [0.1, 0.15) is 258 Å². The first-order valence-corrected chi connectivity index (χ1v) is 25.5. The fourth-order valence-corrected chi connectivity index (χ4v) is 7.97.